The summed E-state index contributed by atoms with van der Waals surface area (Å²) < 4.78 is 6.33. The van der Waals surface area contributed by atoms with Crippen molar-refractivity contribution in [2.24, 2.45) is 0 Å². The number of nitrogens with one attached hydrogen (secondary N) is 1. The maximum absolute atomic E-state index is 5.23. The van der Waals surface area contributed by atoms with E-state index in [2.05, 4.69) is 31.6 Å². The van der Waals surface area contributed by atoms with Gasteiger partial charge in [0, 0.05) is 29.4 Å². The second-order valence-corrected chi connectivity index (χ2v) is 6.16. The first-order valence-corrected chi connectivity index (χ1v) is 7.80. The first kappa shape index (κ1) is 14.5. The van der Waals surface area contributed by atoms with Gasteiger partial charge < -0.3 is 10.1 Å². The lowest BCUT2D eigenvalue weighted by Gasteiger charge is -2.08. The molecule has 0 bridgehead atoms. The standard InChI is InChI=1S/C14H17BrN2OS/c1-10-17-12(9-19-10)5-6-16-8-11-7-13(18-2)3-4-14(11)15/h3-4,7,9,16H,5-6,8H2,1-2H3. The zero-order valence-electron chi connectivity index (χ0n) is 11.1. The summed E-state index contributed by atoms with van der Waals surface area (Å²) in [6.45, 7) is 3.78. The van der Waals surface area contributed by atoms with Gasteiger partial charge in [0.1, 0.15) is 5.75 Å². The van der Waals surface area contributed by atoms with E-state index in [9.17, 15) is 0 Å². The summed E-state index contributed by atoms with van der Waals surface area (Å²) in [5.74, 6) is 0.884. The van der Waals surface area contributed by atoms with E-state index >= 15 is 0 Å². The number of thiazole rings is 1. The van der Waals surface area contributed by atoms with Crippen molar-refractivity contribution in [2.75, 3.05) is 13.7 Å². The zero-order chi connectivity index (χ0) is 13.7. The number of hydrogen-bond donors (Lipinski definition) is 1. The van der Waals surface area contributed by atoms with E-state index in [4.69, 9.17) is 4.74 Å². The first-order chi connectivity index (χ1) is 9.19. The van der Waals surface area contributed by atoms with Gasteiger partial charge in [0.05, 0.1) is 17.8 Å². The van der Waals surface area contributed by atoms with Gasteiger partial charge in [-0.3, -0.25) is 0 Å². The summed E-state index contributed by atoms with van der Waals surface area (Å²) in [6.07, 6.45) is 0.964. The highest BCUT2D eigenvalue weighted by atomic mass is 79.9. The molecule has 0 amide bonds. The van der Waals surface area contributed by atoms with Gasteiger partial charge in [0.2, 0.25) is 0 Å². The van der Waals surface area contributed by atoms with Crippen LogP contribution in [0.15, 0.2) is 28.1 Å². The number of halogens is 1. The summed E-state index contributed by atoms with van der Waals surface area (Å²) in [5.41, 5.74) is 2.37. The van der Waals surface area contributed by atoms with E-state index in [1.54, 1.807) is 18.4 Å². The smallest absolute Gasteiger partial charge is 0.119 e. The average molecular weight is 341 g/mol. The van der Waals surface area contributed by atoms with Gasteiger partial charge >= 0.3 is 0 Å². The van der Waals surface area contributed by atoms with Crippen molar-refractivity contribution >= 4 is 27.3 Å². The minimum atomic E-state index is 0.820. The second-order valence-electron chi connectivity index (χ2n) is 4.24. The van der Waals surface area contributed by atoms with E-state index in [1.165, 1.54) is 11.3 Å². The number of rotatable bonds is 6. The topological polar surface area (TPSA) is 34.1 Å². The molecule has 102 valence electrons. The van der Waals surface area contributed by atoms with E-state index < -0.39 is 0 Å². The molecule has 0 atom stereocenters. The Morgan fingerprint density at radius 2 is 2.26 bits per heavy atom. The Kier molecular flexibility index (Phi) is 5.36. The molecule has 0 saturated heterocycles. The molecule has 3 nitrogen and oxygen atoms in total. The molecular formula is C14H17BrN2OS. The lowest BCUT2D eigenvalue weighted by molar-refractivity contribution is 0.414. The molecule has 0 radical (unpaired) electrons. The van der Waals surface area contributed by atoms with Crippen molar-refractivity contribution in [2.45, 2.75) is 19.9 Å². The molecule has 0 fully saturated rings. The number of ether oxygens (including phenoxy) is 1. The van der Waals surface area contributed by atoms with Crippen molar-refractivity contribution in [3.8, 4) is 5.75 Å². The van der Waals surface area contributed by atoms with Crippen LogP contribution < -0.4 is 10.1 Å². The Hall–Kier alpha value is -0.910. The molecule has 1 N–H and O–H groups in total. The molecule has 19 heavy (non-hydrogen) atoms. The molecule has 2 rings (SSSR count). The monoisotopic (exact) mass is 340 g/mol. The van der Waals surface area contributed by atoms with E-state index in [1.807, 2.05) is 25.1 Å². The summed E-state index contributed by atoms with van der Waals surface area (Å²) in [7, 11) is 1.69. The van der Waals surface area contributed by atoms with Crippen molar-refractivity contribution in [3.05, 3.63) is 44.3 Å². The van der Waals surface area contributed by atoms with Crippen molar-refractivity contribution in [1.82, 2.24) is 10.3 Å². The third-order valence-electron chi connectivity index (χ3n) is 2.79. The van der Waals surface area contributed by atoms with Crippen LogP contribution in [-0.2, 0) is 13.0 Å². The fourth-order valence-corrected chi connectivity index (χ4v) is 2.81. The molecule has 1 aromatic heterocycles. The van der Waals surface area contributed by atoms with Gasteiger partial charge in [-0.05, 0) is 30.7 Å². The summed E-state index contributed by atoms with van der Waals surface area (Å²) >= 11 is 5.26. The number of aromatic nitrogens is 1. The Labute approximate surface area is 126 Å². The Balaban J connectivity index is 1.82. The third-order valence-corrected chi connectivity index (χ3v) is 4.39. The number of hydrogen-bond acceptors (Lipinski definition) is 4. The van der Waals surface area contributed by atoms with Crippen molar-refractivity contribution < 1.29 is 4.74 Å². The summed E-state index contributed by atoms with van der Waals surface area (Å²) in [5, 5.41) is 6.68. The summed E-state index contributed by atoms with van der Waals surface area (Å²) in [6, 6.07) is 6.01. The minimum absolute atomic E-state index is 0.820. The van der Waals surface area contributed by atoms with Crippen LogP contribution in [0, 0.1) is 6.92 Å². The minimum Gasteiger partial charge on any atom is -0.497 e. The van der Waals surface area contributed by atoms with Crippen LogP contribution in [0.1, 0.15) is 16.3 Å². The molecule has 5 heteroatoms. The maximum atomic E-state index is 5.23. The number of nitrogens with zero attached hydrogens (tertiary/aromatic N) is 1. The van der Waals surface area contributed by atoms with E-state index in [0.717, 1.165) is 34.7 Å². The number of aryl methyl sites for hydroxylation is 1. The predicted octanol–water partition coefficient (Wildman–Crippen LogP) is 3.55. The highest BCUT2D eigenvalue weighted by molar-refractivity contribution is 9.10. The molecule has 0 aliphatic carbocycles. The Morgan fingerprint density at radius 1 is 1.42 bits per heavy atom. The molecule has 0 spiro atoms. The lowest BCUT2D eigenvalue weighted by atomic mass is 10.2. The molecule has 2 aromatic rings. The van der Waals surface area contributed by atoms with Crippen LogP contribution in [0.3, 0.4) is 0 Å². The second kappa shape index (κ2) is 7.03. The molecule has 1 heterocycles. The molecule has 0 aliphatic rings. The average Bonchev–Trinajstić information content (AvgIpc) is 2.82. The fourth-order valence-electron chi connectivity index (χ4n) is 1.78. The van der Waals surface area contributed by atoms with Gasteiger partial charge in [-0.15, -0.1) is 11.3 Å². The maximum Gasteiger partial charge on any atom is 0.119 e. The SMILES string of the molecule is COc1ccc(Br)c(CNCCc2csc(C)n2)c1. The van der Waals surface area contributed by atoms with Gasteiger partial charge in [0.25, 0.3) is 0 Å². The van der Waals surface area contributed by atoms with Crippen LogP contribution in [0.4, 0.5) is 0 Å². The highest BCUT2D eigenvalue weighted by Gasteiger charge is 2.02. The van der Waals surface area contributed by atoms with Gasteiger partial charge in [-0.2, -0.15) is 0 Å². The Morgan fingerprint density at radius 3 is 2.95 bits per heavy atom. The Bertz CT molecular complexity index is 542. The molecule has 0 aliphatic heterocycles. The quantitative estimate of drug-likeness (QED) is 0.816. The molecule has 1 aromatic carbocycles. The van der Waals surface area contributed by atoms with Crippen LogP contribution in [0.25, 0.3) is 0 Å². The first-order valence-electron chi connectivity index (χ1n) is 6.13. The highest BCUT2D eigenvalue weighted by Crippen LogP contribution is 2.22. The van der Waals surface area contributed by atoms with E-state index in [0.29, 0.717) is 0 Å². The zero-order valence-corrected chi connectivity index (χ0v) is 13.5. The molecular weight excluding hydrogens is 324 g/mol. The number of benzene rings is 1. The van der Waals surface area contributed by atoms with Crippen LogP contribution in [0.5, 0.6) is 5.75 Å². The van der Waals surface area contributed by atoms with Crippen molar-refractivity contribution in [3.63, 3.8) is 0 Å². The third kappa shape index (κ3) is 4.30. The van der Waals surface area contributed by atoms with Crippen LogP contribution >= 0.6 is 27.3 Å². The van der Waals surface area contributed by atoms with Gasteiger partial charge in [0.15, 0.2) is 0 Å². The van der Waals surface area contributed by atoms with Gasteiger partial charge in [-0.25, -0.2) is 4.98 Å². The molecule has 0 unspecified atom stereocenters. The summed E-state index contributed by atoms with van der Waals surface area (Å²) in [4.78, 5) is 4.45. The fraction of sp³-hybridized carbons (Fsp3) is 0.357. The van der Waals surface area contributed by atoms with Crippen LogP contribution in [0.2, 0.25) is 0 Å². The van der Waals surface area contributed by atoms with Gasteiger partial charge in [-0.1, -0.05) is 15.9 Å². The molecule has 0 saturated carbocycles. The van der Waals surface area contributed by atoms with Crippen molar-refractivity contribution in [1.29, 1.82) is 0 Å². The largest absolute Gasteiger partial charge is 0.497 e. The van der Waals surface area contributed by atoms with Crippen LogP contribution in [-0.4, -0.2) is 18.6 Å². The predicted molar refractivity (Wildman–Crippen MR) is 83.0 cm³/mol. The lowest BCUT2D eigenvalue weighted by Crippen LogP contribution is -2.17. The van der Waals surface area contributed by atoms with E-state index in [-0.39, 0.29) is 0 Å². The normalized spacial score (nSPS) is 10.7. The number of methoxy groups -OCH3 is 1.